The SMILES string of the molecule is O=C(CCc1c[nH]c2ccccc12)N1CCN(C2CCCC2)[C@@H](CCO)C1. The number of H-pyrrole nitrogens is 1. The first-order valence-electron chi connectivity index (χ1n) is 10.5. The first-order chi connectivity index (χ1) is 13.3. The number of amides is 1. The van der Waals surface area contributed by atoms with Crippen molar-refractivity contribution in [3.63, 3.8) is 0 Å². The Hall–Kier alpha value is -1.85. The van der Waals surface area contributed by atoms with Crippen molar-refractivity contribution in [2.24, 2.45) is 0 Å². The zero-order valence-electron chi connectivity index (χ0n) is 16.1. The molecule has 1 amide bonds. The molecule has 1 aromatic carbocycles. The summed E-state index contributed by atoms with van der Waals surface area (Å²) in [6.45, 7) is 2.74. The summed E-state index contributed by atoms with van der Waals surface area (Å²) >= 11 is 0. The summed E-state index contributed by atoms with van der Waals surface area (Å²) in [5, 5.41) is 10.7. The summed E-state index contributed by atoms with van der Waals surface area (Å²) in [6.07, 6.45) is 9.31. The van der Waals surface area contributed by atoms with Gasteiger partial charge in [-0.3, -0.25) is 9.69 Å². The number of hydrogen-bond donors (Lipinski definition) is 2. The number of piperazine rings is 1. The van der Waals surface area contributed by atoms with Gasteiger partial charge in [-0.15, -0.1) is 0 Å². The fourth-order valence-corrected chi connectivity index (χ4v) is 4.96. The number of benzene rings is 1. The van der Waals surface area contributed by atoms with Crippen LogP contribution in [0.2, 0.25) is 0 Å². The van der Waals surface area contributed by atoms with Crippen LogP contribution in [0.4, 0.5) is 0 Å². The van der Waals surface area contributed by atoms with E-state index in [0.29, 0.717) is 18.5 Å². The van der Waals surface area contributed by atoms with Crippen LogP contribution in [0, 0.1) is 0 Å². The molecule has 2 aromatic rings. The molecule has 2 aliphatic rings. The van der Waals surface area contributed by atoms with Crippen molar-refractivity contribution in [1.82, 2.24) is 14.8 Å². The van der Waals surface area contributed by atoms with E-state index in [9.17, 15) is 9.90 Å². The second kappa shape index (κ2) is 8.44. The van der Waals surface area contributed by atoms with Gasteiger partial charge in [0.05, 0.1) is 0 Å². The van der Waals surface area contributed by atoms with Gasteiger partial charge in [0.1, 0.15) is 0 Å². The Morgan fingerprint density at radius 3 is 2.81 bits per heavy atom. The predicted molar refractivity (Wildman–Crippen MR) is 108 cm³/mol. The van der Waals surface area contributed by atoms with E-state index >= 15 is 0 Å². The highest BCUT2D eigenvalue weighted by atomic mass is 16.3. The number of fused-ring (bicyclic) bond motifs is 1. The van der Waals surface area contributed by atoms with Crippen LogP contribution < -0.4 is 0 Å². The minimum absolute atomic E-state index is 0.200. The monoisotopic (exact) mass is 369 g/mol. The van der Waals surface area contributed by atoms with Gasteiger partial charge in [-0.25, -0.2) is 0 Å². The van der Waals surface area contributed by atoms with Crippen LogP contribution in [-0.2, 0) is 11.2 Å². The number of hydrogen-bond acceptors (Lipinski definition) is 3. The molecule has 1 saturated carbocycles. The number of aliphatic hydroxyl groups is 1. The number of nitrogens with one attached hydrogen (secondary N) is 1. The van der Waals surface area contributed by atoms with Gasteiger partial charge in [0.15, 0.2) is 0 Å². The van der Waals surface area contributed by atoms with E-state index in [4.69, 9.17) is 0 Å². The molecule has 0 unspecified atom stereocenters. The third kappa shape index (κ3) is 4.04. The summed E-state index contributed by atoms with van der Waals surface area (Å²) in [7, 11) is 0. The van der Waals surface area contributed by atoms with Gasteiger partial charge in [0.2, 0.25) is 5.91 Å². The maximum absolute atomic E-state index is 12.8. The van der Waals surface area contributed by atoms with E-state index in [1.807, 2.05) is 23.2 Å². The topological polar surface area (TPSA) is 59.6 Å². The van der Waals surface area contributed by atoms with Crippen LogP contribution in [0.3, 0.4) is 0 Å². The molecule has 4 rings (SSSR count). The molecule has 1 aliphatic carbocycles. The van der Waals surface area contributed by atoms with Gasteiger partial charge in [0, 0.05) is 61.8 Å². The van der Waals surface area contributed by atoms with Crippen molar-refractivity contribution in [1.29, 1.82) is 0 Å². The number of para-hydroxylation sites is 1. The van der Waals surface area contributed by atoms with Crippen LogP contribution >= 0.6 is 0 Å². The van der Waals surface area contributed by atoms with Crippen molar-refractivity contribution in [3.05, 3.63) is 36.0 Å². The van der Waals surface area contributed by atoms with Crippen molar-refractivity contribution >= 4 is 16.8 Å². The number of carbonyl (C=O) groups excluding carboxylic acids is 1. The number of aromatic amines is 1. The quantitative estimate of drug-likeness (QED) is 0.823. The third-order valence-corrected chi connectivity index (χ3v) is 6.42. The number of rotatable bonds is 6. The van der Waals surface area contributed by atoms with Crippen molar-refractivity contribution in [2.75, 3.05) is 26.2 Å². The van der Waals surface area contributed by atoms with E-state index in [1.54, 1.807) is 0 Å². The number of carbonyl (C=O) groups is 1. The lowest BCUT2D eigenvalue weighted by molar-refractivity contribution is -0.135. The van der Waals surface area contributed by atoms with Gasteiger partial charge in [-0.2, -0.15) is 0 Å². The zero-order valence-corrected chi connectivity index (χ0v) is 16.1. The second-order valence-electron chi connectivity index (χ2n) is 8.04. The molecular weight excluding hydrogens is 338 g/mol. The summed E-state index contributed by atoms with van der Waals surface area (Å²) in [4.78, 5) is 20.7. The molecule has 5 nitrogen and oxygen atoms in total. The lowest BCUT2D eigenvalue weighted by Crippen LogP contribution is -2.57. The van der Waals surface area contributed by atoms with Crippen LogP contribution in [0.15, 0.2) is 30.5 Å². The maximum Gasteiger partial charge on any atom is 0.222 e. The average molecular weight is 370 g/mol. The van der Waals surface area contributed by atoms with E-state index in [2.05, 4.69) is 22.0 Å². The summed E-state index contributed by atoms with van der Waals surface area (Å²) < 4.78 is 0. The lowest BCUT2D eigenvalue weighted by Gasteiger charge is -2.44. The Morgan fingerprint density at radius 1 is 1.19 bits per heavy atom. The van der Waals surface area contributed by atoms with E-state index < -0.39 is 0 Å². The Morgan fingerprint density at radius 2 is 2.00 bits per heavy atom. The summed E-state index contributed by atoms with van der Waals surface area (Å²) in [5.41, 5.74) is 2.35. The minimum Gasteiger partial charge on any atom is -0.396 e. The number of aryl methyl sites for hydroxylation is 1. The van der Waals surface area contributed by atoms with E-state index in [0.717, 1.165) is 38.0 Å². The van der Waals surface area contributed by atoms with Crippen LogP contribution in [0.25, 0.3) is 10.9 Å². The summed E-state index contributed by atoms with van der Waals surface area (Å²) in [6, 6.07) is 9.22. The van der Waals surface area contributed by atoms with Gasteiger partial charge in [-0.05, 0) is 37.3 Å². The van der Waals surface area contributed by atoms with Gasteiger partial charge in [0.25, 0.3) is 0 Å². The van der Waals surface area contributed by atoms with E-state index in [-0.39, 0.29) is 12.5 Å². The molecule has 1 atom stereocenters. The molecule has 1 aliphatic heterocycles. The van der Waals surface area contributed by atoms with Gasteiger partial charge in [-0.1, -0.05) is 31.0 Å². The average Bonchev–Trinajstić information content (AvgIpc) is 3.36. The number of aliphatic hydroxyl groups excluding tert-OH is 1. The molecule has 5 heteroatoms. The molecule has 0 spiro atoms. The third-order valence-electron chi connectivity index (χ3n) is 6.42. The Labute approximate surface area is 161 Å². The Kier molecular flexibility index (Phi) is 5.79. The number of aromatic nitrogens is 1. The molecule has 0 bridgehead atoms. The van der Waals surface area contributed by atoms with E-state index in [1.165, 1.54) is 36.6 Å². The van der Waals surface area contributed by atoms with Crippen LogP contribution in [-0.4, -0.2) is 64.1 Å². The molecule has 2 heterocycles. The minimum atomic E-state index is 0.200. The summed E-state index contributed by atoms with van der Waals surface area (Å²) in [5.74, 6) is 0.245. The largest absolute Gasteiger partial charge is 0.396 e. The molecule has 27 heavy (non-hydrogen) atoms. The van der Waals surface area contributed by atoms with Crippen LogP contribution in [0.5, 0.6) is 0 Å². The van der Waals surface area contributed by atoms with Gasteiger partial charge >= 0.3 is 0 Å². The van der Waals surface area contributed by atoms with Gasteiger partial charge < -0.3 is 15.0 Å². The Bertz CT molecular complexity index is 766. The van der Waals surface area contributed by atoms with Crippen molar-refractivity contribution in [3.8, 4) is 0 Å². The molecule has 2 N–H and O–H groups in total. The maximum atomic E-state index is 12.8. The normalized spacial score (nSPS) is 22.0. The molecule has 1 aromatic heterocycles. The molecule has 1 saturated heterocycles. The molecule has 146 valence electrons. The van der Waals surface area contributed by atoms with Crippen LogP contribution in [0.1, 0.15) is 44.1 Å². The molecule has 0 radical (unpaired) electrons. The second-order valence-corrected chi connectivity index (χ2v) is 8.04. The Balaban J connectivity index is 1.36. The first kappa shape index (κ1) is 18.5. The highest BCUT2D eigenvalue weighted by Gasteiger charge is 2.34. The molecule has 2 fully saturated rings. The fourth-order valence-electron chi connectivity index (χ4n) is 4.96. The first-order valence-corrected chi connectivity index (χ1v) is 10.5. The standard InChI is InChI=1S/C22H31N3O2/c26-14-11-19-16-24(12-13-25(19)18-5-1-2-6-18)22(27)10-9-17-15-23-21-8-4-3-7-20(17)21/h3-4,7-8,15,18-19,23,26H,1-2,5-6,9-14,16H2/t19-/m0/s1. The number of nitrogens with zero attached hydrogens (tertiary/aromatic N) is 2. The highest BCUT2D eigenvalue weighted by molar-refractivity contribution is 5.84. The predicted octanol–water partition coefficient (Wildman–Crippen LogP) is 2.94. The molecular formula is C22H31N3O2. The van der Waals surface area contributed by atoms with Crippen molar-refractivity contribution < 1.29 is 9.90 Å². The smallest absolute Gasteiger partial charge is 0.222 e. The fraction of sp³-hybridized carbons (Fsp3) is 0.591. The van der Waals surface area contributed by atoms with Crippen molar-refractivity contribution in [2.45, 2.75) is 57.0 Å². The highest BCUT2D eigenvalue weighted by Crippen LogP contribution is 2.28. The zero-order chi connectivity index (χ0) is 18.6. The lowest BCUT2D eigenvalue weighted by atomic mass is 10.0.